The molecule has 0 saturated heterocycles. The number of rotatable bonds is 3. The fourth-order valence-corrected chi connectivity index (χ4v) is 2.45. The first-order valence-electron chi connectivity index (χ1n) is 7.15. The topological polar surface area (TPSA) is 41.6 Å². The highest BCUT2D eigenvalue weighted by Gasteiger charge is 2.16. The van der Waals surface area contributed by atoms with Crippen molar-refractivity contribution in [3.8, 4) is 5.75 Å². The first kappa shape index (κ1) is 14.4. The molecule has 0 aliphatic carbocycles. The van der Waals surface area contributed by atoms with Gasteiger partial charge in [-0.1, -0.05) is 18.2 Å². The van der Waals surface area contributed by atoms with Crippen LogP contribution in [0.2, 0.25) is 0 Å². The zero-order valence-electron chi connectivity index (χ0n) is 12.3. The van der Waals surface area contributed by atoms with Gasteiger partial charge in [-0.3, -0.25) is 4.79 Å². The number of carbonyl (C=O) groups is 1. The molecule has 3 rings (SSSR count). The van der Waals surface area contributed by atoms with Gasteiger partial charge in [0.2, 0.25) is 5.91 Å². The summed E-state index contributed by atoms with van der Waals surface area (Å²) in [5.74, 6) is 0.196. The minimum atomic E-state index is -0.365. The normalized spacial score (nSPS) is 13.3. The first-order valence-corrected chi connectivity index (χ1v) is 7.15. The molecule has 0 saturated carbocycles. The predicted octanol–water partition coefficient (Wildman–Crippen LogP) is 2.84. The predicted molar refractivity (Wildman–Crippen MR) is 83.9 cm³/mol. The minimum Gasteiger partial charge on any atom is -0.490 e. The molecule has 1 N–H and O–H groups in total. The number of fused-ring (bicyclic) bond motifs is 1. The molecular formula is C17H17FN2O2. The van der Waals surface area contributed by atoms with E-state index >= 15 is 0 Å². The molecule has 0 bridgehead atoms. The Kier molecular flexibility index (Phi) is 3.96. The van der Waals surface area contributed by atoms with Gasteiger partial charge in [-0.2, -0.15) is 0 Å². The van der Waals surface area contributed by atoms with E-state index in [1.165, 1.54) is 6.07 Å². The number of ether oxygens (including phenoxy) is 1. The molecule has 0 radical (unpaired) electrons. The number of anilines is 2. The lowest BCUT2D eigenvalue weighted by molar-refractivity contribution is -0.115. The maximum absolute atomic E-state index is 13.6. The van der Waals surface area contributed by atoms with Crippen LogP contribution in [0.15, 0.2) is 42.5 Å². The van der Waals surface area contributed by atoms with Gasteiger partial charge in [-0.25, -0.2) is 4.39 Å². The molecule has 1 heterocycles. The molecule has 0 unspecified atom stereocenters. The van der Waals surface area contributed by atoms with Crippen molar-refractivity contribution in [2.24, 2.45) is 0 Å². The number of carbonyl (C=O) groups excluding carboxylic acids is 1. The fourth-order valence-electron chi connectivity index (χ4n) is 2.45. The van der Waals surface area contributed by atoms with E-state index in [4.69, 9.17) is 4.74 Å². The van der Waals surface area contributed by atoms with Crippen LogP contribution in [0, 0.1) is 5.82 Å². The highest BCUT2D eigenvalue weighted by atomic mass is 19.1. The quantitative estimate of drug-likeness (QED) is 0.947. The van der Waals surface area contributed by atoms with Gasteiger partial charge in [0.15, 0.2) is 0 Å². The van der Waals surface area contributed by atoms with Crippen LogP contribution in [-0.2, 0) is 11.2 Å². The average Bonchev–Trinajstić information content (AvgIpc) is 2.50. The summed E-state index contributed by atoms with van der Waals surface area (Å²) in [6.45, 7) is 1.46. The molecule has 1 aliphatic heterocycles. The van der Waals surface area contributed by atoms with Crippen LogP contribution in [0.3, 0.4) is 0 Å². The molecule has 114 valence electrons. The summed E-state index contributed by atoms with van der Waals surface area (Å²) < 4.78 is 19.1. The smallest absolute Gasteiger partial charge is 0.228 e. The summed E-state index contributed by atoms with van der Waals surface area (Å²) in [7, 11) is 1.98. The van der Waals surface area contributed by atoms with Crippen LogP contribution in [0.4, 0.5) is 15.8 Å². The molecule has 2 aromatic rings. The first-order chi connectivity index (χ1) is 10.6. The molecule has 1 amide bonds. The van der Waals surface area contributed by atoms with Crippen LogP contribution < -0.4 is 15.0 Å². The van der Waals surface area contributed by atoms with Crippen LogP contribution in [0.5, 0.6) is 5.75 Å². The van der Waals surface area contributed by atoms with E-state index in [1.54, 1.807) is 24.3 Å². The van der Waals surface area contributed by atoms with Crippen molar-refractivity contribution in [1.82, 2.24) is 0 Å². The summed E-state index contributed by atoms with van der Waals surface area (Å²) in [5.41, 5.74) is 2.01. The van der Waals surface area contributed by atoms with E-state index < -0.39 is 0 Å². The Balaban J connectivity index is 1.72. The number of benzene rings is 2. The second-order valence-corrected chi connectivity index (χ2v) is 5.27. The van der Waals surface area contributed by atoms with Crippen molar-refractivity contribution >= 4 is 17.3 Å². The molecule has 0 spiro atoms. The van der Waals surface area contributed by atoms with E-state index in [0.717, 1.165) is 18.0 Å². The maximum atomic E-state index is 13.6. The highest BCUT2D eigenvalue weighted by molar-refractivity contribution is 5.93. The molecule has 0 aromatic heterocycles. The van der Waals surface area contributed by atoms with Crippen LogP contribution in [-0.4, -0.2) is 26.1 Å². The Hall–Kier alpha value is -2.56. The third-order valence-corrected chi connectivity index (χ3v) is 3.65. The van der Waals surface area contributed by atoms with Crippen molar-refractivity contribution in [1.29, 1.82) is 0 Å². The van der Waals surface area contributed by atoms with Gasteiger partial charge >= 0.3 is 0 Å². The van der Waals surface area contributed by atoms with Crippen LogP contribution in [0.25, 0.3) is 0 Å². The van der Waals surface area contributed by atoms with Crippen molar-refractivity contribution in [3.63, 3.8) is 0 Å². The van der Waals surface area contributed by atoms with Crippen molar-refractivity contribution in [2.75, 3.05) is 30.4 Å². The largest absolute Gasteiger partial charge is 0.490 e. The van der Waals surface area contributed by atoms with Gasteiger partial charge < -0.3 is 15.0 Å². The lowest BCUT2D eigenvalue weighted by atomic mass is 10.1. The minimum absolute atomic E-state index is 0.0100. The van der Waals surface area contributed by atoms with Crippen LogP contribution in [0.1, 0.15) is 5.56 Å². The number of nitrogens with zero attached hydrogens (tertiary/aromatic N) is 1. The lowest BCUT2D eigenvalue weighted by Crippen LogP contribution is -2.28. The van der Waals surface area contributed by atoms with E-state index in [2.05, 4.69) is 10.2 Å². The number of likely N-dealkylation sites (N-methyl/N-ethyl adjacent to an activating group) is 1. The third-order valence-electron chi connectivity index (χ3n) is 3.65. The van der Waals surface area contributed by atoms with Gasteiger partial charge in [0, 0.05) is 12.7 Å². The van der Waals surface area contributed by atoms with Gasteiger partial charge in [-0.05, 0) is 29.8 Å². The summed E-state index contributed by atoms with van der Waals surface area (Å²) in [5, 5.41) is 2.80. The molecule has 5 heteroatoms. The number of halogens is 1. The Morgan fingerprint density at radius 3 is 2.95 bits per heavy atom. The highest BCUT2D eigenvalue weighted by Crippen LogP contribution is 2.33. The summed E-state index contributed by atoms with van der Waals surface area (Å²) in [6, 6.07) is 11.8. The van der Waals surface area contributed by atoms with Crippen molar-refractivity contribution < 1.29 is 13.9 Å². The second kappa shape index (κ2) is 6.05. The van der Waals surface area contributed by atoms with Gasteiger partial charge in [-0.15, -0.1) is 0 Å². The SMILES string of the molecule is CN1CCOc2ccc(NC(=O)Cc3ccccc3F)cc21. The zero-order valence-corrected chi connectivity index (χ0v) is 12.3. The average molecular weight is 300 g/mol. The molecule has 4 nitrogen and oxygen atoms in total. The van der Waals surface area contributed by atoms with E-state index in [0.29, 0.717) is 17.9 Å². The number of hydrogen-bond acceptors (Lipinski definition) is 3. The summed E-state index contributed by atoms with van der Waals surface area (Å²) in [4.78, 5) is 14.1. The molecular weight excluding hydrogens is 283 g/mol. The summed E-state index contributed by atoms with van der Waals surface area (Å²) >= 11 is 0. The molecule has 0 fully saturated rings. The summed E-state index contributed by atoms with van der Waals surface area (Å²) in [6.07, 6.45) is 0.0100. The lowest BCUT2D eigenvalue weighted by Gasteiger charge is -2.28. The molecule has 1 aliphatic rings. The van der Waals surface area contributed by atoms with Gasteiger partial charge in [0.1, 0.15) is 18.2 Å². The number of amides is 1. The van der Waals surface area contributed by atoms with Gasteiger partial charge in [0.25, 0.3) is 0 Å². The molecule has 22 heavy (non-hydrogen) atoms. The zero-order chi connectivity index (χ0) is 15.5. The number of hydrogen-bond donors (Lipinski definition) is 1. The molecule has 0 atom stereocenters. The Morgan fingerprint density at radius 2 is 2.14 bits per heavy atom. The third kappa shape index (κ3) is 3.03. The van der Waals surface area contributed by atoms with Crippen molar-refractivity contribution in [3.05, 3.63) is 53.8 Å². The Morgan fingerprint density at radius 1 is 1.32 bits per heavy atom. The Labute approximate surface area is 128 Å². The second-order valence-electron chi connectivity index (χ2n) is 5.27. The van der Waals surface area contributed by atoms with E-state index in [1.807, 2.05) is 19.2 Å². The standard InChI is InChI=1S/C17H17FN2O2/c1-20-8-9-22-16-7-6-13(11-15(16)20)19-17(21)10-12-4-2-3-5-14(12)18/h2-7,11H,8-10H2,1H3,(H,19,21). The van der Waals surface area contributed by atoms with E-state index in [9.17, 15) is 9.18 Å². The fraction of sp³-hybridized carbons (Fsp3) is 0.235. The van der Waals surface area contributed by atoms with Crippen molar-refractivity contribution in [2.45, 2.75) is 6.42 Å². The van der Waals surface area contributed by atoms with Crippen LogP contribution >= 0.6 is 0 Å². The molecule has 2 aromatic carbocycles. The van der Waals surface area contributed by atoms with Gasteiger partial charge in [0.05, 0.1) is 18.7 Å². The maximum Gasteiger partial charge on any atom is 0.228 e. The monoisotopic (exact) mass is 300 g/mol. The van der Waals surface area contributed by atoms with E-state index in [-0.39, 0.29) is 18.1 Å². The number of nitrogens with one attached hydrogen (secondary N) is 1. The Bertz CT molecular complexity index is 703.